The number of guanidine groups is 1. The molecule has 2 rings (SSSR count). The predicted octanol–water partition coefficient (Wildman–Crippen LogP) is 2.47. The number of hydrogen-bond donors (Lipinski definition) is 2. The highest BCUT2D eigenvalue weighted by Crippen LogP contribution is 2.10. The highest BCUT2D eigenvalue weighted by molar-refractivity contribution is 5.92. The van der Waals surface area contributed by atoms with E-state index in [1.165, 1.54) is 5.56 Å². The van der Waals surface area contributed by atoms with Gasteiger partial charge >= 0.3 is 0 Å². The number of benzene rings is 1. The van der Waals surface area contributed by atoms with Crippen LogP contribution in [0.25, 0.3) is 0 Å². The molecule has 1 aromatic heterocycles. The van der Waals surface area contributed by atoms with Gasteiger partial charge in [0.1, 0.15) is 0 Å². The largest absolute Gasteiger partial charge is 0.370 e. The summed E-state index contributed by atoms with van der Waals surface area (Å²) in [5.74, 6) is 1.95. The number of rotatable bonds is 5. The third-order valence-corrected chi connectivity index (χ3v) is 2.93. The molecule has 0 spiro atoms. The topological polar surface area (TPSA) is 89.3 Å². The number of aliphatic imine (C=N–C) groups is 1. The summed E-state index contributed by atoms with van der Waals surface area (Å²) in [6.45, 7) is 6.59. The standard InChI is InChI=1S/C15H21N5O/c1-10(2)14-19-13(21-20-14)8-9-17-15(16)18-12-6-4-11(3)5-7-12/h4-7,10H,8-9H2,1-3H3,(H3,16,17,18). The SMILES string of the molecule is Cc1ccc(NC(N)=NCCc2nc(C(C)C)no2)cc1. The van der Waals surface area contributed by atoms with Crippen molar-refractivity contribution in [1.82, 2.24) is 10.1 Å². The molecular weight excluding hydrogens is 266 g/mol. The minimum absolute atomic E-state index is 0.263. The van der Waals surface area contributed by atoms with Gasteiger partial charge in [0.25, 0.3) is 0 Å². The highest BCUT2D eigenvalue weighted by Gasteiger charge is 2.08. The van der Waals surface area contributed by atoms with Crippen molar-refractivity contribution in [1.29, 1.82) is 0 Å². The average molecular weight is 287 g/mol. The molecule has 0 aliphatic carbocycles. The minimum atomic E-state index is 0.263. The lowest BCUT2D eigenvalue weighted by Crippen LogP contribution is -2.23. The molecule has 0 saturated heterocycles. The Morgan fingerprint density at radius 1 is 1.33 bits per heavy atom. The molecule has 0 radical (unpaired) electrons. The van der Waals surface area contributed by atoms with Crippen LogP contribution in [0.15, 0.2) is 33.8 Å². The van der Waals surface area contributed by atoms with Gasteiger partial charge in [-0.05, 0) is 19.1 Å². The van der Waals surface area contributed by atoms with E-state index >= 15 is 0 Å². The molecule has 0 atom stereocenters. The zero-order valence-electron chi connectivity index (χ0n) is 12.6. The van der Waals surface area contributed by atoms with Crippen LogP contribution >= 0.6 is 0 Å². The minimum Gasteiger partial charge on any atom is -0.370 e. The Bertz CT molecular complexity index is 601. The zero-order chi connectivity index (χ0) is 15.2. The van der Waals surface area contributed by atoms with E-state index in [4.69, 9.17) is 10.3 Å². The smallest absolute Gasteiger partial charge is 0.228 e. The van der Waals surface area contributed by atoms with E-state index in [1.54, 1.807) is 0 Å². The van der Waals surface area contributed by atoms with Crippen LogP contribution in [0.4, 0.5) is 5.69 Å². The summed E-state index contributed by atoms with van der Waals surface area (Å²) in [7, 11) is 0. The molecule has 0 bridgehead atoms. The summed E-state index contributed by atoms with van der Waals surface area (Å²) in [4.78, 5) is 8.54. The van der Waals surface area contributed by atoms with Crippen molar-refractivity contribution in [2.24, 2.45) is 10.7 Å². The molecule has 1 aromatic carbocycles. The van der Waals surface area contributed by atoms with Gasteiger partial charge in [-0.25, -0.2) is 0 Å². The fraction of sp³-hybridized carbons (Fsp3) is 0.400. The van der Waals surface area contributed by atoms with Crippen molar-refractivity contribution in [3.8, 4) is 0 Å². The molecule has 6 heteroatoms. The molecule has 0 unspecified atom stereocenters. The van der Waals surface area contributed by atoms with Crippen LogP contribution in [0, 0.1) is 6.92 Å². The normalized spacial score (nSPS) is 11.9. The van der Waals surface area contributed by atoms with Crippen LogP contribution < -0.4 is 11.1 Å². The number of nitrogens with two attached hydrogens (primary N) is 1. The lowest BCUT2D eigenvalue weighted by molar-refractivity contribution is 0.372. The third kappa shape index (κ3) is 4.59. The maximum absolute atomic E-state index is 5.83. The summed E-state index contributed by atoms with van der Waals surface area (Å²) in [5.41, 5.74) is 7.95. The number of hydrogen-bond acceptors (Lipinski definition) is 4. The van der Waals surface area contributed by atoms with Crippen LogP contribution in [-0.2, 0) is 6.42 Å². The molecule has 112 valence electrons. The molecule has 0 saturated carbocycles. The van der Waals surface area contributed by atoms with Gasteiger partial charge < -0.3 is 15.6 Å². The van der Waals surface area contributed by atoms with Crippen molar-refractivity contribution < 1.29 is 4.52 Å². The molecule has 2 aromatic rings. The summed E-state index contributed by atoms with van der Waals surface area (Å²) in [5, 5.41) is 6.95. The van der Waals surface area contributed by atoms with Crippen molar-refractivity contribution in [2.75, 3.05) is 11.9 Å². The Morgan fingerprint density at radius 3 is 2.67 bits per heavy atom. The summed E-state index contributed by atoms with van der Waals surface area (Å²) < 4.78 is 5.15. The third-order valence-electron chi connectivity index (χ3n) is 2.93. The number of nitrogens with zero attached hydrogens (tertiary/aromatic N) is 3. The second kappa shape index (κ2) is 6.88. The lowest BCUT2D eigenvalue weighted by atomic mass is 10.2. The van der Waals surface area contributed by atoms with Gasteiger partial charge in [-0.2, -0.15) is 4.98 Å². The fourth-order valence-electron chi connectivity index (χ4n) is 1.70. The fourth-order valence-corrected chi connectivity index (χ4v) is 1.70. The Kier molecular flexibility index (Phi) is 4.92. The van der Waals surface area contributed by atoms with Crippen LogP contribution in [0.5, 0.6) is 0 Å². The number of anilines is 1. The molecule has 0 aliphatic rings. The summed E-state index contributed by atoms with van der Waals surface area (Å²) in [6.07, 6.45) is 0.579. The van der Waals surface area contributed by atoms with Crippen LogP contribution in [0.2, 0.25) is 0 Å². The molecule has 3 N–H and O–H groups in total. The molecule has 6 nitrogen and oxygen atoms in total. The number of aromatic nitrogens is 2. The average Bonchev–Trinajstić information content (AvgIpc) is 2.90. The first-order chi connectivity index (χ1) is 10.0. The van der Waals surface area contributed by atoms with E-state index in [0.717, 1.165) is 11.5 Å². The maximum Gasteiger partial charge on any atom is 0.228 e. The number of nitrogens with one attached hydrogen (secondary N) is 1. The van der Waals surface area contributed by atoms with E-state index in [2.05, 4.69) is 20.4 Å². The first-order valence-electron chi connectivity index (χ1n) is 7.00. The first-order valence-corrected chi connectivity index (χ1v) is 7.00. The summed E-state index contributed by atoms with van der Waals surface area (Å²) in [6, 6.07) is 7.96. The van der Waals surface area contributed by atoms with Gasteiger partial charge in [0.15, 0.2) is 11.8 Å². The number of aryl methyl sites for hydroxylation is 1. The first kappa shape index (κ1) is 15.0. The highest BCUT2D eigenvalue weighted by atomic mass is 16.5. The Hall–Kier alpha value is -2.37. The molecule has 0 aliphatic heterocycles. The molecule has 1 heterocycles. The maximum atomic E-state index is 5.83. The van der Waals surface area contributed by atoms with E-state index in [9.17, 15) is 0 Å². The monoisotopic (exact) mass is 287 g/mol. The van der Waals surface area contributed by atoms with Gasteiger partial charge in [0.2, 0.25) is 5.89 Å². The van der Waals surface area contributed by atoms with E-state index in [0.29, 0.717) is 24.8 Å². The van der Waals surface area contributed by atoms with E-state index in [-0.39, 0.29) is 5.92 Å². The van der Waals surface area contributed by atoms with Crippen molar-refractivity contribution >= 4 is 11.6 Å². The van der Waals surface area contributed by atoms with Gasteiger partial charge in [-0.3, -0.25) is 4.99 Å². The molecule has 21 heavy (non-hydrogen) atoms. The van der Waals surface area contributed by atoms with Crippen molar-refractivity contribution in [3.63, 3.8) is 0 Å². The van der Waals surface area contributed by atoms with Crippen LogP contribution in [-0.4, -0.2) is 22.6 Å². The Balaban J connectivity index is 1.84. The molecule has 0 amide bonds. The predicted molar refractivity (Wildman–Crippen MR) is 83.4 cm³/mol. The van der Waals surface area contributed by atoms with Gasteiger partial charge in [-0.1, -0.05) is 36.7 Å². The lowest BCUT2D eigenvalue weighted by Gasteiger charge is -2.05. The second-order valence-electron chi connectivity index (χ2n) is 5.21. The second-order valence-corrected chi connectivity index (χ2v) is 5.21. The van der Waals surface area contributed by atoms with Crippen molar-refractivity contribution in [2.45, 2.75) is 33.1 Å². The quantitative estimate of drug-likeness (QED) is 0.651. The van der Waals surface area contributed by atoms with Crippen LogP contribution in [0.1, 0.15) is 37.0 Å². The zero-order valence-corrected chi connectivity index (χ0v) is 12.6. The Morgan fingerprint density at radius 2 is 2.05 bits per heavy atom. The van der Waals surface area contributed by atoms with Crippen LogP contribution in [0.3, 0.4) is 0 Å². The van der Waals surface area contributed by atoms with Gasteiger partial charge in [-0.15, -0.1) is 0 Å². The Labute approximate surface area is 124 Å². The van der Waals surface area contributed by atoms with Gasteiger partial charge in [0.05, 0.1) is 6.54 Å². The summed E-state index contributed by atoms with van der Waals surface area (Å²) >= 11 is 0. The van der Waals surface area contributed by atoms with Crippen molar-refractivity contribution in [3.05, 3.63) is 41.5 Å². The molecule has 0 fully saturated rings. The van der Waals surface area contributed by atoms with E-state index < -0.39 is 0 Å². The van der Waals surface area contributed by atoms with Gasteiger partial charge in [0, 0.05) is 18.0 Å². The van der Waals surface area contributed by atoms with E-state index in [1.807, 2.05) is 45.0 Å². The molecular formula is C15H21N5O.